The third-order valence-corrected chi connectivity index (χ3v) is 3.77. The molecule has 0 radical (unpaired) electrons. The van der Waals surface area contributed by atoms with E-state index in [1.807, 2.05) is 24.3 Å². The summed E-state index contributed by atoms with van der Waals surface area (Å²) in [5.74, 6) is 0.378. The highest BCUT2D eigenvalue weighted by Crippen LogP contribution is 2.31. The van der Waals surface area contributed by atoms with Crippen LogP contribution in [0.25, 0.3) is 16.9 Å². The lowest BCUT2D eigenvalue weighted by Gasteiger charge is -2.22. The van der Waals surface area contributed by atoms with Crippen molar-refractivity contribution in [3.05, 3.63) is 41.0 Å². The quantitative estimate of drug-likeness (QED) is 0.678. The van der Waals surface area contributed by atoms with Gasteiger partial charge >= 0.3 is 5.97 Å². The Labute approximate surface area is 151 Å². The van der Waals surface area contributed by atoms with Gasteiger partial charge in [0.05, 0.1) is 6.61 Å². The molecule has 0 amide bonds. The number of hydrogen-bond acceptors (Lipinski definition) is 4. The Kier molecular flexibility index (Phi) is 4.47. The fourth-order valence-electron chi connectivity index (χ4n) is 2.52. The molecular formula is C18H21ClN4O2. The molecule has 0 aliphatic heterocycles. The molecule has 0 bridgehead atoms. The molecule has 6 nitrogen and oxygen atoms in total. The number of carbonyl (C=O) groups is 1. The minimum Gasteiger partial charge on any atom is -0.461 e. The van der Waals surface area contributed by atoms with Crippen molar-refractivity contribution in [1.29, 1.82) is 0 Å². The van der Waals surface area contributed by atoms with Crippen molar-refractivity contribution in [1.82, 2.24) is 14.6 Å². The summed E-state index contributed by atoms with van der Waals surface area (Å²) in [5.41, 5.74) is 2.54. The summed E-state index contributed by atoms with van der Waals surface area (Å²) >= 11 is 5.99. The highest BCUT2D eigenvalue weighted by atomic mass is 35.5. The number of nitrogens with zero attached hydrogens (tertiary/aromatic N) is 2. The number of aromatic nitrogens is 3. The lowest BCUT2D eigenvalue weighted by Crippen LogP contribution is -2.27. The van der Waals surface area contributed by atoms with Gasteiger partial charge in [-0.25, -0.2) is 14.3 Å². The molecule has 0 aliphatic carbocycles. The van der Waals surface area contributed by atoms with E-state index >= 15 is 0 Å². The minimum atomic E-state index is -0.400. The number of nitrogens with one attached hydrogen (secondary N) is 2. The molecular weight excluding hydrogens is 340 g/mol. The molecule has 7 heteroatoms. The van der Waals surface area contributed by atoms with Crippen LogP contribution in [-0.4, -0.2) is 32.7 Å². The zero-order chi connectivity index (χ0) is 18.2. The van der Waals surface area contributed by atoms with Crippen molar-refractivity contribution < 1.29 is 9.53 Å². The first-order chi connectivity index (χ1) is 11.8. The molecule has 3 rings (SSSR count). The molecule has 0 atom stereocenters. The molecule has 2 aromatic heterocycles. The number of imidazole rings is 1. The van der Waals surface area contributed by atoms with Crippen LogP contribution in [-0.2, 0) is 4.74 Å². The summed E-state index contributed by atoms with van der Waals surface area (Å²) in [6.07, 6.45) is 0. The van der Waals surface area contributed by atoms with E-state index in [0.29, 0.717) is 23.0 Å². The van der Waals surface area contributed by atoms with Crippen LogP contribution in [0.1, 0.15) is 38.2 Å². The van der Waals surface area contributed by atoms with E-state index in [0.717, 1.165) is 17.1 Å². The van der Waals surface area contributed by atoms with Gasteiger partial charge in [0.15, 0.2) is 11.5 Å². The zero-order valence-electron chi connectivity index (χ0n) is 14.7. The Morgan fingerprint density at radius 2 is 2.00 bits per heavy atom. The topological polar surface area (TPSA) is 71.4 Å². The Bertz CT molecular complexity index is 904. The first-order valence-corrected chi connectivity index (χ1v) is 8.49. The normalized spacial score (nSPS) is 11.7. The monoisotopic (exact) mass is 360 g/mol. The van der Waals surface area contributed by atoms with Gasteiger partial charge < -0.3 is 10.1 Å². The Hall–Kier alpha value is -2.47. The van der Waals surface area contributed by atoms with Crippen LogP contribution in [0, 0.1) is 0 Å². The third kappa shape index (κ3) is 3.64. The van der Waals surface area contributed by atoms with Crippen LogP contribution in [0.5, 0.6) is 0 Å². The Morgan fingerprint density at radius 1 is 1.32 bits per heavy atom. The minimum absolute atomic E-state index is 0.188. The van der Waals surface area contributed by atoms with Crippen LogP contribution in [0.2, 0.25) is 5.02 Å². The number of fused-ring (bicyclic) bond motifs is 1. The van der Waals surface area contributed by atoms with Gasteiger partial charge in [-0.2, -0.15) is 0 Å². The highest BCUT2D eigenvalue weighted by molar-refractivity contribution is 6.30. The Morgan fingerprint density at radius 3 is 2.60 bits per heavy atom. The van der Waals surface area contributed by atoms with E-state index < -0.39 is 5.97 Å². The van der Waals surface area contributed by atoms with Crippen LogP contribution in [0.4, 0.5) is 5.82 Å². The largest absolute Gasteiger partial charge is 0.461 e. The van der Waals surface area contributed by atoms with Gasteiger partial charge in [-0.15, -0.1) is 0 Å². The van der Waals surface area contributed by atoms with Gasteiger partial charge in [-0.1, -0.05) is 23.7 Å². The number of hydrogen-bond donors (Lipinski definition) is 2. The average molecular weight is 361 g/mol. The maximum absolute atomic E-state index is 12.0. The van der Waals surface area contributed by atoms with Gasteiger partial charge in [0.2, 0.25) is 0 Å². The molecule has 2 N–H and O–H groups in total. The summed E-state index contributed by atoms with van der Waals surface area (Å²) in [6.45, 7) is 8.29. The summed E-state index contributed by atoms with van der Waals surface area (Å²) in [5, 5.41) is 7.19. The second kappa shape index (κ2) is 6.44. The van der Waals surface area contributed by atoms with E-state index in [2.05, 4.69) is 36.2 Å². The molecule has 0 aliphatic rings. The molecule has 25 heavy (non-hydrogen) atoms. The summed E-state index contributed by atoms with van der Waals surface area (Å²) in [4.78, 5) is 16.6. The SMILES string of the molecule is CCOC(=O)c1cc2nc(-c3ccc(Cl)cc3)c(NC(C)(C)C)n2[nH]1. The first-order valence-electron chi connectivity index (χ1n) is 8.11. The van der Waals surface area contributed by atoms with Crippen LogP contribution in [0.15, 0.2) is 30.3 Å². The molecule has 0 spiro atoms. The van der Waals surface area contributed by atoms with E-state index in [-0.39, 0.29) is 5.54 Å². The molecule has 0 fully saturated rings. The average Bonchev–Trinajstić information content (AvgIpc) is 3.07. The fraction of sp³-hybridized carbons (Fsp3) is 0.333. The number of anilines is 1. The van der Waals surface area contributed by atoms with Gasteiger partial charge in [0.1, 0.15) is 11.4 Å². The second-order valence-electron chi connectivity index (χ2n) is 6.77. The van der Waals surface area contributed by atoms with Crippen LogP contribution in [0.3, 0.4) is 0 Å². The highest BCUT2D eigenvalue weighted by Gasteiger charge is 2.22. The number of H-pyrrole nitrogens is 1. The number of esters is 1. The number of ether oxygens (including phenoxy) is 1. The lowest BCUT2D eigenvalue weighted by atomic mass is 10.1. The number of aromatic amines is 1. The van der Waals surface area contributed by atoms with Gasteiger partial charge in [0.25, 0.3) is 0 Å². The van der Waals surface area contributed by atoms with Crippen molar-refractivity contribution in [3.8, 4) is 11.3 Å². The van der Waals surface area contributed by atoms with Crippen molar-refractivity contribution in [3.63, 3.8) is 0 Å². The maximum Gasteiger partial charge on any atom is 0.356 e. The number of rotatable bonds is 4. The molecule has 1 aromatic carbocycles. The van der Waals surface area contributed by atoms with Crippen LogP contribution < -0.4 is 5.32 Å². The summed E-state index contributed by atoms with van der Waals surface area (Å²) in [6, 6.07) is 9.19. The van der Waals surface area contributed by atoms with E-state index in [4.69, 9.17) is 16.3 Å². The van der Waals surface area contributed by atoms with Crippen molar-refractivity contribution in [2.24, 2.45) is 0 Å². The predicted molar refractivity (Wildman–Crippen MR) is 99.3 cm³/mol. The second-order valence-corrected chi connectivity index (χ2v) is 7.21. The Balaban J connectivity index is 2.13. The van der Waals surface area contributed by atoms with Crippen molar-refractivity contribution in [2.45, 2.75) is 33.2 Å². The number of benzene rings is 1. The van der Waals surface area contributed by atoms with E-state index in [1.54, 1.807) is 17.5 Å². The van der Waals surface area contributed by atoms with Gasteiger partial charge in [-0.3, -0.25) is 5.10 Å². The molecule has 2 heterocycles. The number of halogens is 1. The van der Waals surface area contributed by atoms with Gasteiger partial charge in [0, 0.05) is 22.2 Å². The summed E-state index contributed by atoms with van der Waals surface area (Å²) < 4.78 is 6.81. The molecule has 0 unspecified atom stereocenters. The standard InChI is InChI=1S/C18H21ClN4O2/c1-5-25-17(24)13-10-14-20-15(11-6-8-12(19)9-7-11)16(23(14)22-13)21-18(2,3)4/h6-10,21-22H,5H2,1-4H3. The maximum atomic E-state index is 12.0. The number of carbonyl (C=O) groups excluding carboxylic acids is 1. The van der Waals surface area contributed by atoms with E-state index in [9.17, 15) is 4.79 Å². The summed E-state index contributed by atoms with van der Waals surface area (Å²) in [7, 11) is 0. The molecule has 0 saturated heterocycles. The lowest BCUT2D eigenvalue weighted by molar-refractivity contribution is 0.0519. The molecule has 3 aromatic rings. The van der Waals surface area contributed by atoms with Crippen molar-refractivity contribution in [2.75, 3.05) is 11.9 Å². The predicted octanol–water partition coefficient (Wildman–Crippen LogP) is 4.37. The zero-order valence-corrected chi connectivity index (χ0v) is 15.4. The van der Waals surface area contributed by atoms with E-state index in [1.165, 1.54) is 0 Å². The van der Waals surface area contributed by atoms with Gasteiger partial charge in [-0.05, 0) is 39.8 Å². The first kappa shape index (κ1) is 17.4. The van der Waals surface area contributed by atoms with Crippen LogP contribution >= 0.6 is 11.6 Å². The molecule has 132 valence electrons. The smallest absolute Gasteiger partial charge is 0.356 e. The third-order valence-electron chi connectivity index (χ3n) is 3.52. The molecule has 0 saturated carbocycles. The fourth-order valence-corrected chi connectivity index (χ4v) is 2.65. The van der Waals surface area contributed by atoms with Crippen molar-refractivity contribution >= 4 is 29.0 Å².